The molecule has 0 aliphatic carbocycles. The zero-order valence-corrected chi connectivity index (χ0v) is 10.8. The average molecular weight is 270 g/mol. The fourth-order valence-corrected chi connectivity index (χ4v) is 1.76. The summed E-state index contributed by atoms with van der Waals surface area (Å²) in [6.07, 6.45) is 0. The predicted octanol–water partition coefficient (Wildman–Crippen LogP) is 3.20. The average Bonchev–Trinajstić information content (AvgIpc) is 2.82. The van der Waals surface area contributed by atoms with E-state index in [2.05, 4.69) is 15.5 Å². The molecule has 0 saturated carbocycles. The maximum absolute atomic E-state index is 13.8. The van der Waals surface area contributed by atoms with Gasteiger partial charge in [-0.3, -0.25) is 0 Å². The Labute approximate surface area is 109 Å². The summed E-state index contributed by atoms with van der Waals surface area (Å²) in [6.45, 7) is 4.66. The van der Waals surface area contributed by atoms with Gasteiger partial charge in [0.05, 0.1) is 16.6 Å². The molecule has 1 unspecified atom stereocenters. The highest BCUT2D eigenvalue weighted by Gasteiger charge is 2.17. The van der Waals surface area contributed by atoms with Crippen LogP contribution in [0.1, 0.15) is 25.8 Å². The third kappa shape index (κ3) is 2.52. The predicted molar refractivity (Wildman–Crippen MR) is 66.8 cm³/mol. The summed E-state index contributed by atoms with van der Waals surface area (Å²) in [5.41, 5.74) is 0.213. The summed E-state index contributed by atoms with van der Waals surface area (Å²) in [4.78, 5) is 0. The first-order valence-electron chi connectivity index (χ1n) is 5.64. The van der Waals surface area contributed by atoms with Crippen LogP contribution in [0.5, 0.6) is 0 Å². The second-order valence-corrected chi connectivity index (χ2v) is 4.23. The first kappa shape index (κ1) is 13.0. The number of hydrogen-bond donors (Lipinski definition) is 1. The van der Waals surface area contributed by atoms with E-state index in [4.69, 9.17) is 16.0 Å². The summed E-state index contributed by atoms with van der Waals surface area (Å²) in [5, 5.41) is 10.9. The van der Waals surface area contributed by atoms with E-state index in [1.165, 1.54) is 6.07 Å². The number of hydrogen-bond acceptors (Lipinski definition) is 4. The zero-order chi connectivity index (χ0) is 13.1. The molecule has 1 aromatic carbocycles. The summed E-state index contributed by atoms with van der Waals surface area (Å²) in [7, 11) is 0. The van der Waals surface area contributed by atoms with Crippen LogP contribution in [0.3, 0.4) is 0 Å². The number of nitrogens with one attached hydrogen (secondary N) is 1. The zero-order valence-electron chi connectivity index (χ0n) is 10.1. The topological polar surface area (TPSA) is 51.0 Å². The third-order valence-corrected chi connectivity index (χ3v) is 2.80. The lowest BCUT2D eigenvalue weighted by atomic mass is 10.2. The maximum atomic E-state index is 13.8. The lowest BCUT2D eigenvalue weighted by Gasteiger charge is -2.05. The van der Waals surface area contributed by atoms with Crippen LogP contribution < -0.4 is 5.32 Å². The van der Waals surface area contributed by atoms with Gasteiger partial charge in [-0.25, -0.2) is 4.39 Å². The van der Waals surface area contributed by atoms with Crippen molar-refractivity contribution in [3.63, 3.8) is 0 Å². The number of rotatable bonds is 4. The molecule has 0 radical (unpaired) electrons. The molecule has 1 aromatic heterocycles. The number of benzene rings is 1. The molecular weight excluding hydrogens is 257 g/mol. The van der Waals surface area contributed by atoms with Gasteiger partial charge in [0.2, 0.25) is 5.89 Å². The Hall–Kier alpha value is -1.46. The smallest absolute Gasteiger partial charge is 0.250 e. The maximum Gasteiger partial charge on any atom is 0.250 e. The fourth-order valence-electron chi connectivity index (χ4n) is 1.58. The fraction of sp³-hybridized carbons (Fsp3) is 0.333. The van der Waals surface area contributed by atoms with Gasteiger partial charge in [-0.1, -0.05) is 24.6 Å². The molecule has 96 valence electrons. The van der Waals surface area contributed by atoms with Crippen molar-refractivity contribution in [2.24, 2.45) is 0 Å². The van der Waals surface area contributed by atoms with Crippen molar-refractivity contribution in [1.29, 1.82) is 0 Å². The second-order valence-electron chi connectivity index (χ2n) is 3.83. The van der Waals surface area contributed by atoms with Gasteiger partial charge in [-0.2, -0.15) is 0 Å². The van der Waals surface area contributed by atoms with Crippen molar-refractivity contribution in [2.45, 2.75) is 19.9 Å². The molecule has 1 N–H and O–H groups in total. The molecule has 1 atom stereocenters. The van der Waals surface area contributed by atoms with Gasteiger partial charge in [-0.05, 0) is 25.6 Å². The van der Waals surface area contributed by atoms with Crippen LogP contribution in [0.4, 0.5) is 4.39 Å². The van der Waals surface area contributed by atoms with Gasteiger partial charge < -0.3 is 9.73 Å². The van der Waals surface area contributed by atoms with Gasteiger partial charge >= 0.3 is 0 Å². The van der Waals surface area contributed by atoms with E-state index in [1.807, 2.05) is 13.8 Å². The molecule has 0 spiro atoms. The van der Waals surface area contributed by atoms with E-state index in [9.17, 15) is 4.39 Å². The van der Waals surface area contributed by atoms with Crippen LogP contribution in [0.25, 0.3) is 11.5 Å². The first-order valence-corrected chi connectivity index (χ1v) is 6.02. The normalized spacial score (nSPS) is 12.7. The molecule has 2 aromatic rings. The number of aromatic nitrogens is 2. The largest absolute Gasteiger partial charge is 0.419 e. The molecule has 0 fully saturated rings. The molecule has 0 aliphatic rings. The molecular formula is C12H13ClFN3O. The standard InChI is InChI=1S/C12H13ClFN3O/c1-3-15-7(2)11-16-17-12(18-11)8-5-4-6-9(13)10(8)14/h4-7,15H,3H2,1-2H3. The van der Waals surface area contributed by atoms with Crippen LogP contribution in [-0.4, -0.2) is 16.7 Å². The first-order chi connectivity index (χ1) is 8.63. The monoisotopic (exact) mass is 269 g/mol. The highest BCUT2D eigenvalue weighted by molar-refractivity contribution is 6.31. The molecule has 0 saturated heterocycles. The molecule has 2 rings (SSSR count). The van der Waals surface area contributed by atoms with Gasteiger partial charge in [0, 0.05) is 0 Å². The Kier molecular flexibility index (Phi) is 3.93. The Morgan fingerprint density at radius 1 is 1.44 bits per heavy atom. The SMILES string of the molecule is CCNC(C)c1nnc(-c2cccc(Cl)c2F)o1. The van der Waals surface area contributed by atoms with E-state index in [0.29, 0.717) is 5.89 Å². The van der Waals surface area contributed by atoms with E-state index in [1.54, 1.807) is 12.1 Å². The minimum atomic E-state index is -0.550. The molecule has 0 bridgehead atoms. The van der Waals surface area contributed by atoms with Gasteiger partial charge in [0.1, 0.15) is 0 Å². The minimum absolute atomic E-state index is 0.0342. The van der Waals surface area contributed by atoms with Gasteiger partial charge in [0.15, 0.2) is 5.82 Å². The van der Waals surface area contributed by atoms with Gasteiger partial charge in [-0.15, -0.1) is 10.2 Å². The highest BCUT2D eigenvalue weighted by Crippen LogP contribution is 2.27. The Morgan fingerprint density at radius 3 is 2.94 bits per heavy atom. The van der Waals surface area contributed by atoms with E-state index >= 15 is 0 Å². The summed E-state index contributed by atoms with van der Waals surface area (Å²) in [6, 6.07) is 4.59. The number of nitrogens with zero attached hydrogens (tertiary/aromatic N) is 2. The number of halogens is 2. The highest BCUT2D eigenvalue weighted by atomic mass is 35.5. The molecule has 0 aliphatic heterocycles. The van der Waals surface area contributed by atoms with Crippen LogP contribution >= 0.6 is 11.6 Å². The van der Waals surface area contributed by atoms with Crippen molar-refractivity contribution >= 4 is 11.6 Å². The van der Waals surface area contributed by atoms with Crippen molar-refractivity contribution in [2.75, 3.05) is 6.54 Å². The molecule has 18 heavy (non-hydrogen) atoms. The lowest BCUT2D eigenvalue weighted by Crippen LogP contribution is -2.17. The van der Waals surface area contributed by atoms with E-state index in [-0.39, 0.29) is 22.5 Å². The summed E-state index contributed by atoms with van der Waals surface area (Å²) >= 11 is 5.71. The van der Waals surface area contributed by atoms with Crippen molar-refractivity contribution < 1.29 is 8.81 Å². The minimum Gasteiger partial charge on any atom is -0.419 e. The lowest BCUT2D eigenvalue weighted by molar-refractivity contribution is 0.427. The van der Waals surface area contributed by atoms with Crippen molar-refractivity contribution in [1.82, 2.24) is 15.5 Å². The van der Waals surface area contributed by atoms with Crippen LogP contribution in [0.2, 0.25) is 5.02 Å². The molecule has 0 amide bonds. The Morgan fingerprint density at radius 2 is 2.22 bits per heavy atom. The quantitative estimate of drug-likeness (QED) is 0.926. The van der Waals surface area contributed by atoms with Gasteiger partial charge in [0.25, 0.3) is 5.89 Å². The summed E-state index contributed by atoms with van der Waals surface area (Å²) < 4.78 is 19.2. The molecule has 6 heteroatoms. The Balaban J connectivity index is 2.32. The summed E-state index contributed by atoms with van der Waals surface area (Å²) in [5.74, 6) is 0.00597. The van der Waals surface area contributed by atoms with Crippen LogP contribution in [-0.2, 0) is 0 Å². The third-order valence-electron chi connectivity index (χ3n) is 2.50. The van der Waals surface area contributed by atoms with E-state index < -0.39 is 5.82 Å². The molecule has 1 heterocycles. The van der Waals surface area contributed by atoms with E-state index in [0.717, 1.165) is 6.54 Å². The second kappa shape index (κ2) is 5.46. The molecule has 4 nitrogen and oxygen atoms in total. The van der Waals surface area contributed by atoms with Crippen LogP contribution in [0, 0.1) is 5.82 Å². The van der Waals surface area contributed by atoms with Crippen molar-refractivity contribution in [3.05, 3.63) is 34.9 Å². The Bertz CT molecular complexity index is 544. The van der Waals surface area contributed by atoms with Crippen molar-refractivity contribution in [3.8, 4) is 11.5 Å². The van der Waals surface area contributed by atoms with Crippen LogP contribution in [0.15, 0.2) is 22.6 Å².